The normalized spacial score (nSPS) is 10.3. The first-order valence-electron chi connectivity index (χ1n) is 6.40. The van der Waals surface area contributed by atoms with Crippen molar-refractivity contribution in [2.45, 2.75) is 13.8 Å². The summed E-state index contributed by atoms with van der Waals surface area (Å²) in [5.41, 5.74) is 2.76. The van der Waals surface area contributed by atoms with Crippen molar-refractivity contribution in [3.8, 4) is 5.75 Å². The van der Waals surface area contributed by atoms with Crippen LogP contribution in [0.5, 0.6) is 5.75 Å². The van der Waals surface area contributed by atoms with Gasteiger partial charge in [0.25, 0.3) is 5.91 Å². The highest BCUT2D eigenvalue weighted by Crippen LogP contribution is 2.25. The van der Waals surface area contributed by atoms with Crippen molar-refractivity contribution in [2.75, 3.05) is 11.9 Å². The van der Waals surface area contributed by atoms with Gasteiger partial charge in [0.1, 0.15) is 5.75 Å². The molecule has 2 aromatic carbocycles. The third-order valence-corrected chi connectivity index (χ3v) is 3.76. The van der Waals surface area contributed by atoms with E-state index in [4.69, 9.17) is 16.3 Å². The van der Waals surface area contributed by atoms with Crippen molar-refractivity contribution in [3.05, 3.63) is 57.0 Å². The summed E-state index contributed by atoms with van der Waals surface area (Å²) in [5.74, 6) is 0.427. The molecule has 0 saturated heterocycles. The minimum Gasteiger partial charge on any atom is -0.483 e. The smallest absolute Gasteiger partial charge is 0.262 e. The molecule has 1 amide bonds. The molecular formula is C16H15BrClNO2. The molecule has 0 spiro atoms. The van der Waals surface area contributed by atoms with E-state index in [9.17, 15) is 4.79 Å². The van der Waals surface area contributed by atoms with Crippen LogP contribution in [0.15, 0.2) is 40.9 Å². The molecule has 5 heteroatoms. The van der Waals surface area contributed by atoms with E-state index < -0.39 is 0 Å². The van der Waals surface area contributed by atoms with E-state index in [1.54, 1.807) is 18.2 Å². The minimum absolute atomic E-state index is 0.0519. The van der Waals surface area contributed by atoms with Crippen LogP contribution in [0.4, 0.5) is 5.69 Å². The summed E-state index contributed by atoms with van der Waals surface area (Å²) in [7, 11) is 0. The molecule has 1 N–H and O–H groups in total. The molecule has 0 aromatic heterocycles. The number of anilines is 1. The number of amides is 1. The Bertz CT molecular complexity index is 673. The summed E-state index contributed by atoms with van der Waals surface area (Å²) in [5, 5.41) is 3.44. The molecule has 0 atom stereocenters. The molecule has 21 heavy (non-hydrogen) atoms. The third-order valence-electron chi connectivity index (χ3n) is 2.91. The molecule has 0 heterocycles. The van der Waals surface area contributed by atoms with E-state index in [-0.39, 0.29) is 12.5 Å². The Hall–Kier alpha value is -1.52. The lowest BCUT2D eigenvalue weighted by molar-refractivity contribution is -0.118. The zero-order valence-electron chi connectivity index (χ0n) is 11.7. The van der Waals surface area contributed by atoms with Crippen molar-refractivity contribution >= 4 is 39.1 Å². The van der Waals surface area contributed by atoms with Crippen molar-refractivity contribution < 1.29 is 9.53 Å². The molecule has 3 nitrogen and oxygen atoms in total. The molecule has 0 aliphatic rings. The van der Waals surface area contributed by atoms with Gasteiger partial charge in [-0.2, -0.15) is 0 Å². The zero-order chi connectivity index (χ0) is 15.4. The van der Waals surface area contributed by atoms with Crippen LogP contribution in [0.1, 0.15) is 11.1 Å². The first kappa shape index (κ1) is 15.9. The van der Waals surface area contributed by atoms with Crippen LogP contribution in [0.2, 0.25) is 5.02 Å². The Morgan fingerprint density at radius 2 is 2.00 bits per heavy atom. The van der Waals surface area contributed by atoms with Gasteiger partial charge in [-0.3, -0.25) is 4.79 Å². The Labute approximate surface area is 137 Å². The number of carbonyl (C=O) groups excluding carboxylic acids is 1. The number of halogens is 2. The molecule has 2 aromatic rings. The Morgan fingerprint density at radius 3 is 2.67 bits per heavy atom. The van der Waals surface area contributed by atoms with E-state index in [0.29, 0.717) is 10.8 Å². The van der Waals surface area contributed by atoms with Crippen LogP contribution in [0.25, 0.3) is 0 Å². The van der Waals surface area contributed by atoms with Crippen LogP contribution in [-0.4, -0.2) is 12.5 Å². The molecule has 0 unspecified atom stereocenters. The van der Waals surface area contributed by atoms with Gasteiger partial charge in [-0.25, -0.2) is 0 Å². The molecule has 0 radical (unpaired) electrons. The van der Waals surface area contributed by atoms with Crippen molar-refractivity contribution in [1.82, 2.24) is 0 Å². The molecule has 110 valence electrons. The first-order chi connectivity index (χ1) is 9.95. The maximum atomic E-state index is 11.9. The quantitative estimate of drug-likeness (QED) is 0.846. The van der Waals surface area contributed by atoms with Crippen molar-refractivity contribution in [3.63, 3.8) is 0 Å². The molecule has 0 fully saturated rings. The summed E-state index contributed by atoms with van der Waals surface area (Å²) < 4.78 is 6.34. The van der Waals surface area contributed by atoms with Crippen LogP contribution in [-0.2, 0) is 4.79 Å². The van der Waals surface area contributed by atoms with Gasteiger partial charge in [-0.05, 0) is 71.2 Å². The topological polar surface area (TPSA) is 38.3 Å². The summed E-state index contributed by atoms with van der Waals surface area (Å²) in [6, 6.07) is 11.0. The number of rotatable bonds is 4. The molecule has 0 aliphatic carbocycles. The van der Waals surface area contributed by atoms with Gasteiger partial charge in [-0.15, -0.1) is 0 Å². The Kier molecular flexibility index (Phi) is 5.26. The maximum absolute atomic E-state index is 11.9. The van der Waals surface area contributed by atoms with E-state index in [1.807, 2.05) is 32.0 Å². The second-order valence-corrected chi connectivity index (χ2v) is 6.02. The van der Waals surface area contributed by atoms with Gasteiger partial charge in [0.2, 0.25) is 0 Å². The lowest BCUT2D eigenvalue weighted by atomic mass is 10.2. The SMILES string of the molecule is Cc1ccc(OCC(=O)Nc2ccc(Cl)cc2C)c(Br)c1. The second-order valence-electron chi connectivity index (χ2n) is 4.73. The Morgan fingerprint density at radius 1 is 1.24 bits per heavy atom. The molecular weight excluding hydrogens is 354 g/mol. The maximum Gasteiger partial charge on any atom is 0.262 e. The average Bonchev–Trinajstić information content (AvgIpc) is 2.41. The standard InChI is InChI=1S/C16H15BrClNO2/c1-10-3-6-15(13(17)7-10)21-9-16(20)19-14-5-4-12(18)8-11(14)2/h3-8H,9H2,1-2H3,(H,19,20). The number of nitrogens with one attached hydrogen (secondary N) is 1. The van der Waals surface area contributed by atoms with Crippen molar-refractivity contribution in [1.29, 1.82) is 0 Å². The van der Waals surface area contributed by atoms with Gasteiger partial charge in [0, 0.05) is 10.7 Å². The fraction of sp³-hybridized carbons (Fsp3) is 0.188. The lowest BCUT2D eigenvalue weighted by Gasteiger charge is -2.11. The predicted octanol–water partition coefficient (Wildman–Crippen LogP) is 4.74. The zero-order valence-corrected chi connectivity index (χ0v) is 14.1. The summed E-state index contributed by atoms with van der Waals surface area (Å²) in [6.07, 6.45) is 0. The van der Waals surface area contributed by atoms with Gasteiger partial charge in [-0.1, -0.05) is 17.7 Å². The van der Waals surface area contributed by atoms with Gasteiger partial charge < -0.3 is 10.1 Å². The average molecular weight is 369 g/mol. The highest BCUT2D eigenvalue weighted by atomic mass is 79.9. The second kappa shape index (κ2) is 6.96. The van der Waals surface area contributed by atoms with E-state index >= 15 is 0 Å². The number of hydrogen-bond donors (Lipinski definition) is 1. The number of benzene rings is 2. The molecule has 0 aliphatic heterocycles. The van der Waals surface area contributed by atoms with E-state index in [1.165, 1.54) is 0 Å². The van der Waals surface area contributed by atoms with Crippen LogP contribution < -0.4 is 10.1 Å². The Balaban J connectivity index is 1.96. The highest BCUT2D eigenvalue weighted by molar-refractivity contribution is 9.10. The molecule has 0 saturated carbocycles. The number of aryl methyl sites for hydroxylation is 2. The highest BCUT2D eigenvalue weighted by Gasteiger charge is 2.08. The fourth-order valence-electron chi connectivity index (χ4n) is 1.82. The predicted molar refractivity (Wildman–Crippen MR) is 89.2 cm³/mol. The van der Waals surface area contributed by atoms with Crippen molar-refractivity contribution in [2.24, 2.45) is 0 Å². The largest absolute Gasteiger partial charge is 0.483 e. The molecule has 2 rings (SSSR count). The lowest BCUT2D eigenvalue weighted by Crippen LogP contribution is -2.20. The minimum atomic E-state index is -0.215. The van der Waals surface area contributed by atoms with Gasteiger partial charge in [0.15, 0.2) is 6.61 Å². The van der Waals surface area contributed by atoms with Gasteiger partial charge >= 0.3 is 0 Å². The molecule has 0 bridgehead atoms. The number of hydrogen-bond acceptors (Lipinski definition) is 2. The van der Waals surface area contributed by atoms with Crippen LogP contribution in [0, 0.1) is 13.8 Å². The summed E-state index contributed by atoms with van der Waals surface area (Å²) >= 11 is 9.29. The van der Waals surface area contributed by atoms with E-state index in [0.717, 1.165) is 21.3 Å². The van der Waals surface area contributed by atoms with Crippen LogP contribution in [0.3, 0.4) is 0 Å². The number of ether oxygens (including phenoxy) is 1. The first-order valence-corrected chi connectivity index (χ1v) is 7.58. The number of carbonyl (C=O) groups is 1. The van der Waals surface area contributed by atoms with E-state index in [2.05, 4.69) is 21.2 Å². The monoisotopic (exact) mass is 367 g/mol. The van der Waals surface area contributed by atoms with Gasteiger partial charge in [0.05, 0.1) is 4.47 Å². The third kappa shape index (κ3) is 4.48. The summed E-state index contributed by atoms with van der Waals surface area (Å²) in [4.78, 5) is 11.9. The fourth-order valence-corrected chi connectivity index (χ4v) is 2.65. The van der Waals surface area contributed by atoms with Crippen LogP contribution >= 0.6 is 27.5 Å². The summed E-state index contributed by atoms with van der Waals surface area (Å²) in [6.45, 7) is 3.83.